The molecule has 0 aliphatic carbocycles. The fourth-order valence-electron chi connectivity index (χ4n) is 1.45. The first-order valence-corrected chi connectivity index (χ1v) is 9.24. The monoisotopic (exact) mass is 332 g/mol. The van der Waals surface area contributed by atoms with Crippen molar-refractivity contribution in [3.8, 4) is 10.6 Å². The molecule has 9 heteroatoms. The Morgan fingerprint density at radius 3 is 2.85 bits per heavy atom. The van der Waals surface area contributed by atoms with E-state index in [-0.39, 0.29) is 0 Å². The van der Waals surface area contributed by atoms with Crippen LogP contribution < -0.4 is 15.2 Å². The summed E-state index contributed by atoms with van der Waals surface area (Å²) in [4.78, 5) is 6.33. The molecule has 0 unspecified atom stereocenters. The van der Waals surface area contributed by atoms with Gasteiger partial charge in [0.2, 0.25) is 0 Å². The summed E-state index contributed by atoms with van der Waals surface area (Å²) in [5.41, 5.74) is 6.33. The van der Waals surface area contributed by atoms with Gasteiger partial charge in [0.05, 0.1) is 10.6 Å². The van der Waals surface area contributed by atoms with Crippen molar-refractivity contribution >= 4 is 38.0 Å². The maximum atomic E-state index is 11.7. The van der Waals surface area contributed by atoms with E-state index in [4.69, 9.17) is 5.73 Å². The molecule has 2 rings (SSSR count). The number of thiophene rings is 1. The molecule has 2 aromatic rings. The molecule has 6 nitrogen and oxygen atoms in total. The van der Waals surface area contributed by atoms with Gasteiger partial charge in [-0.05, 0) is 18.6 Å². The lowest BCUT2D eigenvalue weighted by molar-refractivity contribution is 0.586. The maximum Gasteiger partial charge on any atom is 0.300 e. The first-order valence-electron chi connectivity index (χ1n) is 6.06. The normalized spacial score (nSPS) is 11.7. The van der Waals surface area contributed by atoms with Gasteiger partial charge in [-0.2, -0.15) is 13.1 Å². The van der Waals surface area contributed by atoms with Crippen LogP contribution in [0.25, 0.3) is 10.6 Å². The van der Waals surface area contributed by atoms with Crippen LogP contribution in [0, 0.1) is 0 Å². The zero-order chi connectivity index (χ0) is 14.6. The molecule has 0 spiro atoms. The summed E-state index contributed by atoms with van der Waals surface area (Å²) in [5, 5.41) is 2.18. The van der Waals surface area contributed by atoms with Crippen LogP contribution in [0.4, 0.5) is 5.13 Å². The number of nitrogens with one attached hydrogen (secondary N) is 2. The molecule has 0 saturated carbocycles. The summed E-state index contributed by atoms with van der Waals surface area (Å²) in [6, 6.07) is 3.89. The Morgan fingerprint density at radius 1 is 1.40 bits per heavy atom. The second-order valence-corrected chi connectivity index (χ2v) is 7.53. The van der Waals surface area contributed by atoms with Crippen molar-refractivity contribution in [2.45, 2.75) is 19.9 Å². The number of thiazole rings is 1. The Kier molecular flexibility index (Phi) is 5.11. The summed E-state index contributed by atoms with van der Waals surface area (Å²) in [7, 11) is -3.53. The first kappa shape index (κ1) is 15.4. The highest BCUT2D eigenvalue weighted by Crippen LogP contribution is 2.30. The van der Waals surface area contributed by atoms with E-state index in [2.05, 4.69) is 14.4 Å². The maximum absolute atomic E-state index is 11.7. The number of hydrogen-bond donors (Lipinski definition) is 3. The molecule has 0 bridgehead atoms. The van der Waals surface area contributed by atoms with Crippen LogP contribution in [-0.2, 0) is 16.8 Å². The average Bonchev–Trinajstić information content (AvgIpc) is 3.04. The zero-order valence-corrected chi connectivity index (χ0v) is 13.4. The van der Waals surface area contributed by atoms with Crippen molar-refractivity contribution in [2.24, 2.45) is 5.73 Å². The molecule has 2 aromatic heterocycles. The van der Waals surface area contributed by atoms with Gasteiger partial charge in [-0.25, -0.2) is 9.71 Å². The highest BCUT2D eigenvalue weighted by atomic mass is 32.2. The average molecular weight is 332 g/mol. The van der Waals surface area contributed by atoms with Gasteiger partial charge in [-0.1, -0.05) is 6.92 Å². The van der Waals surface area contributed by atoms with Crippen molar-refractivity contribution in [3.05, 3.63) is 22.4 Å². The third-order valence-electron chi connectivity index (χ3n) is 2.38. The summed E-state index contributed by atoms with van der Waals surface area (Å²) in [5.74, 6) is 0. The topological polar surface area (TPSA) is 97.1 Å². The van der Waals surface area contributed by atoms with Gasteiger partial charge in [-0.15, -0.1) is 22.7 Å². The number of aromatic nitrogens is 1. The van der Waals surface area contributed by atoms with Gasteiger partial charge in [0.15, 0.2) is 5.13 Å². The first-order chi connectivity index (χ1) is 9.54. The van der Waals surface area contributed by atoms with E-state index in [0.29, 0.717) is 18.2 Å². The Morgan fingerprint density at radius 2 is 2.20 bits per heavy atom. The molecule has 0 saturated heterocycles. The predicted octanol–water partition coefficient (Wildman–Crippen LogP) is 1.99. The third kappa shape index (κ3) is 4.00. The van der Waals surface area contributed by atoms with Crippen LogP contribution in [-0.4, -0.2) is 19.9 Å². The van der Waals surface area contributed by atoms with Gasteiger partial charge >= 0.3 is 10.2 Å². The fraction of sp³-hybridized carbons (Fsp3) is 0.364. The molecule has 0 aliphatic rings. The van der Waals surface area contributed by atoms with E-state index in [0.717, 1.165) is 21.9 Å². The van der Waals surface area contributed by atoms with Crippen LogP contribution in [0.1, 0.15) is 18.2 Å². The molecule has 110 valence electrons. The Bertz CT molecular complexity index is 663. The van der Waals surface area contributed by atoms with E-state index in [1.165, 1.54) is 11.3 Å². The molecule has 0 amide bonds. The van der Waals surface area contributed by atoms with Crippen LogP contribution >= 0.6 is 22.7 Å². The van der Waals surface area contributed by atoms with E-state index in [1.807, 2.05) is 24.4 Å². The number of nitrogens with zero attached hydrogens (tertiary/aromatic N) is 1. The molecule has 0 radical (unpaired) electrons. The van der Waals surface area contributed by atoms with Gasteiger partial charge in [-0.3, -0.25) is 0 Å². The van der Waals surface area contributed by atoms with Crippen molar-refractivity contribution in [1.82, 2.24) is 9.71 Å². The molecular weight excluding hydrogens is 316 g/mol. The number of nitrogens with two attached hydrogens (primary N) is 1. The molecule has 0 aliphatic heterocycles. The summed E-state index contributed by atoms with van der Waals surface area (Å²) in [6.45, 7) is 2.80. The number of rotatable bonds is 7. The van der Waals surface area contributed by atoms with Gasteiger partial charge in [0, 0.05) is 23.3 Å². The molecule has 2 heterocycles. The second-order valence-electron chi connectivity index (χ2n) is 4.01. The molecule has 0 fully saturated rings. The lowest BCUT2D eigenvalue weighted by atomic mass is 10.4. The Labute approximate surface area is 126 Å². The van der Waals surface area contributed by atoms with Crippen LogP contribution in [0.15, 0.2) is 17.5 Å². The minimum Gasteiger partial charge on any atom is -0.326 e. The van der Waals surface area contributed by atoms with Gasteiger partial charge < -0.3 is 5.73 Å². The third-order valence-corrected chi connectivity index (χ3v) is 5.45. The highest BCUT2D eigenvalue weighted by Gasteiger charge is 2.13. The number of hydrogen-bond acceptors (Lipinski definition) is 6. The SMILES string of the molecule is CCCNS(=O)(=O)Nc1nc(-c2ccc(CN)s2)cs1. The van der Waals surface area contributed by atoms with Crippen molar-refractivity contribution in [2.75, 3.05) is 11.3 Å². The van der Waals surface area contributed by atoms with E-state index in [1.54, 1.807) is 11.3 Å². The van der Waals surface area contributed by atoms with Crippen LogP contribution in [0.5, 0.6) is 0 Å². The standard InChI is InChI=1S/C11H16N4O2S3/c1-2-5-13-20(16,17)15-11-14-9(7-18-11)10-4-3-8(6-12)19-10/h3-4,7,13H,2,5-6,12H2,1H3,(H,14,15). The van der Waals surface area contributed by atoms with Gasteiger partial charge in [0.1, 0.15) is 0 Å². The molecule has 20 heavy (non-hydrogen) atoms. The molecule has 4 N–H and O–H groups in total. The van der Waals surface area contributed by atoms with Gasteiger partial charge in [0.25, 0.3) is 0 Å². The fourth-order valence-corrected chi connectivity index (χ4v) is 4.26. The van der Waals surface area contributed by atoms with Crippen LogP contribution in [0.2, 0.25) is 0 Å². The van der Waals surface area contributed by atoms with Crippen molar-refractivity contribution in [1.29, 1.82) is 0 Å². The molecule has 0 atom stereocenters. The Balaban J connectivity index is 2.09. The summed E-state index contributed by atoms with van der Waals surface area (Å²) >= 11 is 2.81. The largest absolute Gasteiger partial charge is 0.326 e. The van der Waals surface area contributed by atoms with Crippen molar-refractivity contribution in [3.63, 3.8) is 0 Å². The quantitative estimate of drug-likeness (QED) is 0.722. The van der Waals surface area contributed by atoms with E-state index < -0.39 is 10.2 Å². The Hall–Kier alpha value is -1.00. The number of anilines is 1. The predicted molar refractivity (Wildman–Crippen MR) is 84.2 cm³/mol. The minimum absolute atomic E-state index is 0.353. The van der Waals surface area contributed by atoms with E-state index in [9.17, 15) is 8.42 Å². The minimum atomic E-state index is -3.53. The van der Waals surface area contributed by atoms with E-state index >= 15 is 0 Å². The second kappa shape index (κ2) is 6.64. The smallest absolute Gasteiger partial charge is 0.300 e. The summed E-state index contributed by atoms with van der Waals surface area (Å²) < 4.78 is 28.2. The zero-order valence-electron chi connectivity index (χ0n) is 10.9. The van der Waals surface area contributed by atoms with Crippen LogP contribution in [0.3, 0.4) is 0 Å². The van der Waals surface area contributed by atoms with Crippen molar-refractivity contribution < 1.29 is 8.42 Å². The lowest BCUT2D eigenvalue weighted by Gasteiger charge is -2.04. The summed E-state index contributed by atoms with van der Waals surface area (Å²) in [6.07, 6.45) is 0.737. The molecular formula is C11H16N4O2S3. The highest BCUT2D eigenvalue weighted by molar-refractivity contribution is 7.91. The molecule has 0 aromatic carbocycles. The lowest BCUT2D eigenvalue weighted by Crippen LogP contribution is -2.30.